The fraction of sp³-hybridized carbons (Fsp3) is 0.200. The van der Waals surface area contributed by atoms with E-state index in [1.165, 1.54) is 0 Å². The average Bonchev–Trinajstić information content (AvgIpc) is 2.39. The molecule has 2 aromatic rings. The Morgan fingerprint density at radius 2 is 1.95 bits per heavy atom. The number of hydrogen-bond donors (Lipinski definition) is 1. The van der Waals surface area contributed by atoms with Crippen molar-refractivity contribution >= 4 is 29.1 Å². The lowest BCUT2D eigenvalue weighted by Gasteiger charge is -2.10. The summed E-state index contributed by atoms with van der Waals surface area (Å²) in [6.07, 6.45) is 0. The van der Waals surface area contributed by atoms with E-state index in [2.05, 4.69) is 0 Å². The molecule has 0 heterocycles. The standard InChI is InChI=1S/C15H16ClNOS/c1-11-5-2-3-8-14(11)18-9-10-19-15-12(16)6-4-7-13(15)17/h2-8H,9-10,17H2,1H3. The Labute approximate surface area is 122 Å². The van der Waals surface area contributed by atoms with Crippen molar-refractivity contribution in [1.82, 2.24) is 0 Å². The van der Waals surface area contributed by atoms with E-state index >= 15 is 0 Å². The number of halogens is 1. The number of benzene rings is 2. The molecule has 4 heteroatoms. The molecular formula is C15H16ClNOS. The molecule has 100 valence electrons. The Kier molecular flexibility index (Phi) is 5.00. The molecule has 0 radical (unpaired) electrons. The van der Waals surface area contributed by atoms with Gasteiger partial charge in [-0.2, -0.15) is 0 Å². The molecule has 0 aliphatic heterocycles. The number of thioether (sulfide) groups is 1. The van der Waals surface area contributed by atoms with Gasteiger partial charge in [-0.3, -0.25) is 0 Å². The number of aryl methyl sites for hydroxylation is 1. The lowest BCUT2D eigenvalue weighted by atomic mass is 10.2. The zero-order chi connectivity index (χ0) is 13.7. The van der Waals surface area contributed by atoms with Crippen LogP contribution in [-0.2, 0) is 0 Å². The zero-order valence-corrected chi connectivity index (χ0v) is 12.3. The highest BCUT2D eigenvalue weighted by atomic mass is 35.5. The molecule has 0 atom stereocenters. The normalized spacial score (nSPS) is 10.4. The van der Waals surface area contributed by atoms with Crippen LogP contribution in [0.5, 0.6) is 5.75 Å². The minimum Gasteiger partial charge on any atom is -0.492 e. The number of nitrogens with two attached hydrogens (primary N) is 1. The predicted molar refractivity (Wildman–Crippen MR) is 83.3 cm³/mol. The molecule has 0 aromatic heterocycles. The van der Waals surface area contributed by atoms with Gasteiger partial charge in [-0.1, -0.05) is 35.9 Å². The third-order valence-corrected chi connectivity index (χ3v) is 4.22. The second kappa shape index (κ2) is 6.73. The third-order valence-electron chi connectivity index (χ3n) is 2.68. The first-order valence-corrected chi connectivity index (χ1v) is 7.40. The molecule has 19 heavy (non-hydrogen) atoms. The van der Waals surface area contributed by atoms with Crippen LogP contribution in [0.3, 0.4) is 0 Å². The SMILES string of the molecule is Cc1ccccc1OCCSc1c(N)cccc1Cl. The van der Waals surface area contributed by atoms with Gasteiger partial charge in [0, 0.05) is 16.3 Å². The number of rotatable bonds is 5. The zero-order valence-electron chi connectivity index (χ0n) is 10.7. The Morgan fingerprint density at radius 1 is 1.16 bits per heavy atom. The summed E-state index contributed by atoms with van der Waals surface area (Å²) in [5.41, 5.74) is 7.75. The molecule has 0 spiro atoms. The summed E-state index contributed by atoms with van der Waals surface area (Å²) >= 11 is 7.73. The Hall–Kier alpha value is -1.32. The number of hydrogen-bond acceptors (Lipinski definition) is 3. The van der Waals surface area contributed by atoms with Gasteiger partial charge in [0.05, 0.1) is 11.6 Å². The maximum Gasteiger partial charge on any atom is 0.122 e. The first kappa shape index (κ1) is 14.1. The van der Waals surface area contributed by atoms with Gasteiger partial charge >= 0.3 is 0 Å². The molecule has 0 unspecified atom stereocenters. The van der Waals surface area contributed by atoms with Crippen molar-refractivity contribution in [2.45, 2.75) is 11.8 Å². The molecule has 2 aromatic carbocycles. The largest absolute Gasteiger partial charge is 0.492 e. The van der Waals surface area contributed by atoms with E-state index in [1.807, 2.05) is 49.4 Å². The van der Waals surface area contributed by atoms with Crippen molar-refractivity contribution in [2.24, 2.45) is 0 Å². The highest BCUT2D eigenvalue weighted by molar-refractivity contribution is 7.99. The minimum atomic E-state index is 0.625. The van der Waals surface area contributed by atoms with Crippen LogP contribution >= 0.6 is 23.4 Å². The predicted octanol–water partition coefficient (Wildman–Crippen LogP) is 4.40. The Morgan fingerprint density at radius 3 is 2.68 bits per heavy atom. The number of ether oxygens (including phenoxy) is 1. The van der Waals surface area contributed by atoms with Gasteiger partial charge in [0.15, 0.2) is 0 Å². The lowest BCUT2D eigenvalue weighted by Crippen LogP contribution is -2.02. The molecule has 0 aliphatic rings. The number of nitrogen functional groups attached to an aromatic ring is 1. The molecule has 2 rings (SSSR count). The van der Waals surface area contributed by atoms with Crippen molar-refractivity contribution in [3.8, 4) is 5.75 Å². The molecule has 0 amide bonds. The van der Waals surface area contributed by atoms with Crippen LogP contribution in [0, 0.1) is 6.92 Å². The fourth-order valence-electron chi connectivity index (χ4n) is 1.69. The summed E-state index contributed by atoms with van der Waals surface area (Å²) in [6, 6.07) is 13.5. The maximum absolute atomic E-state index is 6.11. The van der Waals surface area contributed by atoms with Crippen molar-refractivity contribution < 1.29 is 4.74 Å². The maximum atomic E-state index is 6.11. The fourth-order valence-corrected chi connectivity index (χ4v) is 2.85. The molecule has 2 N–H and O–H groups in total. The van der Waals surface area contributed by atoms with Crippen molar-refractivity contribution in [1.29, 1.82) is 0 Å². The first-order chi connectivity index (χ1) is 9.18. The lowest BCUT2D eigenvalue weighted by molar-refractivity contribution is 0.341. The van der Waals surface area contributed by atoms with Crippen molar-refractivity contribution in [3.63, 3.8) is 0 Å². The second-order valence-corrected chi connectivity index (χ2v) is 5.63. The molecule has 0 aliphatic carbocycles. The first-order valence-electron chi connectivity index (χ1n) is 6.03. The molecule has 0 saturated heterocycles. The highest BCUT2D eigenvalue weighted by Gasteiger charge is 2.05. The number of anilines is 1. The van der Waals surface area contributed by atoms with E-state index in [1.54, 1.807) is 11.8 Å². The monoisotopic (exact) mass is 293 g/mol. The summed E-state index contributed by atoms with van der Waals surface area (Å²) in [7, 11) is 0. The van der Waals surface area contributed by atoms with E-state index < -0.39 is 0 Å². The van der Waals surface area contributed by atoms with E-state index in [0.717, 1.165) is 22.0 Å². The molecule has 0 bridgehead atoms. The highest BCUT2D eigenvalue weighted by Crippen LogP contribution is 2.32. The molecule has 0 fully saturated rings. The van der Waals surface area contributed by atoms with Gasteiger partial charge in [-0.25, -0.2) is 0 Å². The van der Waals surface area contributed by atoms with E-state index in [0.29, 0.717) is 17.3 Å². The van der Waals surface area contributed by atoms with Gasteiger partial charge in [-0.05, 0) is 30.7 Å². The summed E-state index contributed by atoms with van der Waals surface area (Å²) in [5.74, 6) is 1.73. The summed E-state index contributed by atoms with van der Waals surface area (Å²) < 4.78 is 5.73. The van der Waals surface area contributed by atoms with Gasteiger partial charge < -0.3 is 10.5 Å². The van der Waals surface area contributed by atoms with Gasteiger partial charge in [0.1, 0.15) is 5.75 Å². The molecule has 0 saturated carbocycles. The Balaban J connectivity index is 1.86. The molecular weight excluding hydrogens is 278 g/mol. The van der Waals surface area contributed by atoms with E-state index in [9.17, 15) is 0 Å². The van der Waals surface area contributed by atoms with Crippen LogP contribution in [-0.4, -0.2) is 12.4 Å². The van der Waals surface area contributed by atoms with Gasteiger partial charge in [0.25, 0.3) is 0 Å². The number of para-hydroxylation sites is 1. The van der Waals surface area contributed by atoms with Crippen LogP contribution in [0.15, 0.2) is 47.4 Å². The summed E-state index contributed by atoms with van der Waals surface area (Å²) in [6.45, 7) is 2.66. The van der Waals surface area contributed by atoms with Crippen LogP contribution in [0.1, 0.15) is 5.56 Å². The third kappa shape index (κ3) is 3.82. The Bertz CT molecular complexity index is 539. The van der Waals surface area contributed by atoms with Crippen LogP contribution in [0.25, 0.3) is 0 Å². The van der Waals surface area contributed by atoms with Gasteiger partial charge in [0.2, 0.25) is 0 Å². The van der Waals surface area contributed by atoms with Crippen LogP contribution < -0.4 is 10.5 Å². The smallest absolute Gasteiger partial charge is 0.122 e. The van der Waals surface area contributed by atoms with Crippen molar-refractivity contribution in [3.05, 3.63) is 53.1 Å². The quantitative estimate of drug-likeness (QED) is 0.504. The average molecular weight is 294 g/mol. The minimum absolute atomic E-state index is 0.625. The summed E-state index contributed by atoms with van der Waals surface area (Å²) in [4.78, 5) is 0.928. The molecule has 2 nitrogen and oxygen atoms in total. The topological polar surface area (TPSA) is 35.2 Å². The van der Waals surface area contributed by atoms with E-state index in [4.69, 9.17) is 22.1 Å². The van der Waals surface area contributed by atoms with Gasteiger partial charge in [-0.15, -0.1) is 11.8 Å². The van der Waals surface area contributed by atoms with E-state index in [-0.39, 0.29) is 0 Å². The van der Waals surface area contributed by atoms with Crippen molar-refractivity contribution in [2.75, 3.05) is 18.1 Å². The van der Waals surface area contributed by atoms with Crippen LogP contribution in [0.4, 0.5) is 5.69 Å². The summed E-state index contributed by atoms with van der Waals surface area (Å²) in [5, 5.41) is 0.695. The second-order valence-electron chi connectivity index (χ2n) is 4.12. The van der Waals surface area contributed by atoms with Crippen LogP contribution in [0.2, 0.25) is 5.02 Å².